The van der Waals surface area contributed by atoms with Crippen LogP contribution >= 0.6 is 11.6 Å². The summed E-state index contributed by atoms with van der Waals surface area (Å²) in [7, 11) is 0. The molecular formula is C16H14ClNO6. The van der Waals surface area contributed by atoms with Crippen molar-refractivity contribution < 1.29 is 24.0 Å². The van der Waals surface area contributed by atoms with Crippen LogP contribution in [-0.4, -0.2) is 30.1 Å². The molecule has 2 aromatic carbocycles. The van der Waals surface area contributed by atoms with Gasteiger partial charge in [0, 0.05) is 0 Å². The van der Waals surface area contributed by atoms with Crippen molar-refractivity contribution in [1.29, 1.82) is 0 Å². The van der Waals surface area contributed by atoms with E-state index in [-0.39, 0.29) is 40.4 Å². The molecule has 0 N–H and O–H groups in total. The van der Waals surface area contributed by atoms with Crippen LogP contribution in [0.25, 0.3) is 10.8 Å². The standard InChI is InChI=1S/C16H14ClNO6/c1-3-23-15(19)11-7-9-5-6-13(17)14(18(21)22)10(9)8-12(11)16(20)24-4-2/h5-8H,3-4H2,1-2H3. The number of esters is 2. The van der Waals surface area contributed by atoms with Crippen molar-refractivity contribution >= 4 is 40.0 Å². The monoisotopic (exact) mass is 351 g/mol. The molecule has 126 valence electrons. The van der Waals surface area contributed by atoms with Crippen molar-refractivity contribution in [2.45, 2.75) is 13.8 Å². The Labute approximate surface area is 142 Å². The van der Waals surface area contributed by atoms with Gasteiger partial charge < -0.3 is 9.47 Å². The van der Waals surface area contributed by atoms with Crippen molar-refractivity contribution in [2.24, 2.45) is 0 Å². The van der Waals surface area contributed by atoms with Crippen LogP contribution in [0.2, 0.25) is 5.02 Å². The van der Waals surface area contributed by atoms with Crippen LogP contribution in [0.5, 0.6) is 0 Å². The van der Waals surface area contributed by atoms with Gasteiger partial charge in [0.1, 0.15) is 5.02 Å². The van der Waals surface area contributed by atoms with E-state index < -0.39 is 16.9 Å². The van der Waals surface area contributed by atoms with Gasteiger partial charge in [-0.1, -0.05) is 17.7 Å². The number of halogens is 1. The van der Waals surface area contributed by atoms with E-state index in [0.717, 1.165) is 0 Å². The number of hydrogen-bond acceptors (Lipinski definition) is 6. The zero-order valence-corrected chi connectivity index (χ0v) is 13.8. The Kier molecular flexibility index (Phi) is 5.35. The fourth-order valence-corrected chi connectivity index (χ4v) is 2.50. The molecule has 0 radical (unpaired) electrons. The van der Waals surface area contributed by atoms with E-state index in [0.29, 0.717) is 5.39 Å². The maximum Gasteiger partial charge on any atom is 0.339 e. The smallest absolute Gasteiger partial charge is 0.339 e. The van der Waals surface area contributed by atoms with Gasteiger partial charge in [-0.2, -0.15) is 0 Å². The second kappa shape index (κ2) is 7.27. The van der Waals surface area contributed by atoms with Gasteiger partial charge in [-0.15, -0.1) is 0 Å². The van der Waals surface area contributed by atoms with Crippen LogP contribution in [0.4, 0.5) is 5.69 Å². The van der Waals surface area contributed by atoms with E-state index in [1.807, 2.05) is 0 Å². The molecule has 0 aliphatic carbocycles. The number of nitro benzene ring substituents is 1. The number of carbonyl (C=O) groups is 2. The summed E-state index contributed by atoms with van der Waals surface area (Å²) < 4.78 is 9.87. The third kappa shape index (κ3) is 3.30. The second-order valence-electron chi connectivity index (χ2n) is 4.71. The van der Waals surface area contributed by atoms with Crippen LogP contribution in [0.3, 0.4) is 0 Å². The van der Waals surface area contributed by atoms with E-state index in [1.54, 1.807) is 13.8 Å². The van der Waals surface area contributed by atoms with Crippen molar-refractivity contribution in [3.05, 3.63) is 50.5 Å². The Bertz CT molecular complexity index is 833. The number of rotatable bonds is 5. The Hall–Kier alpha value is -2.67. The Balaban J connectivity index is 2.79. The molecule has 0 bridgehead atoms. The predicted octanol–water partition coefficient (Wildman–Crippen LogP) is 3.75. The molecule has 0 fully saturated rings. The molecule has 0 unspecified atom stereocenters. The number of fused-ring (bicyclic) bond motifs is 1. The fourth-order valence-electron chi connectivity index (χ4n) is 2.27. The zero-order valence-electron chi connectivity index (χ0n) is 13.0. The fraction of sp³-hybridized carbons (Fsp3) is 0.250. The average molecular weight is 352 g/mol. The normalized spacial score (nSPS) is 10.5. The third-order valence-corrected chi connectivity index (χ3v) is 3.56. The van der Waals surface area contributed by atoms with Gasteiger partial charge in [0.05, 0.1) is 34.7 Å². The summed E-state index contributed by atoms with van der Waals surface area (Å²) in [5, 5.41) is 11.7. The lowest BCUT2D eigenvalue weighted by atomic mass is 9.99. The Morgan fingerprint density at radius 3 is 2.12 bits per heavy atom. The van der Waals surface area contributed by atoms with Crippen molar-refractivity contribution in [2.75, 3.05) is 13.2 Å². The molecule has 0 spiro atoms. The third-order valence-electron chi connectivity index (χ3n) is 3.25. The molecule has 0 amide bonds. The number of nitro groups is 1. The molecular weight excluding hydrogens is 338 g/mol. The van der Waals surface area contributed by atoms with Gasteiger partial charge in [-0.25, -0.2) is 9.59 Å². The van der Waals surface area contributed by atoms with Gasteiger partial charge in [-0.3, -0.25) is 10.1 Å². The highest BCUT2D eigenvalue weighted by molar-refractivity contribution is 6.34. The molecule has 0 atom stereocenters. The SMILES string of the molecule is CCOC(=O)c1cc2ccc(Cl)c([N+](=O)[O-])c2cc1C(=O)OCC. The summed E-state index contributed by atoms with van der Waals surface area (Å²) in [4.78, 5) is 34.9. The largest absolute Gasteiger partial charge is 0.462 e. The Morgan fingerprint density at radius 2 is 1.62 bits per heavy atom. The molecule has 2 rings (SSSR count). The number of nitrogens with zero attached hydrogens (tertiary/aromatic N) is 1. The lowest BCUT2D eigenvalue weighted by molar-refractivity contribution is -0.382. The zero-order chi connectivity index (χ0) is 17.9. The van der Waals surface area contributed by atoms with Gasteiger partial charge >= 0.3 is 11.9 Å². The lowest BCUT2D eigenvalue weighted by Crippen LogP contribution is -2.14. The van der Waals surface area contributed by atoms with Crippen LogP contribution in [0.15, 0.2) is 24.3 Å². The molecule has 0 aromatic heterocycles. The maximum absolute atomic E-state index is 12.2. The first-order valence-corrected chi connectivity index (χ1v) is 7.53. The summed E-state index contributed by atoms with van der Waals surface area (Å²) >= 11 is 5.89. The molecule has 0 saturated carbocycles. The topological polar surface area (TPSA) is 95.7 Å². The number of hydrogen-bond donors (Lipinski definition) is 0. The quantitative estimate of drug-likeness (QED) is 0.462. The molecule has 7 nitrogen and oxygen atoms in total. The van der Waals surface area contributed by atoms with Crippen LogP contribution in [0.1, 0.15) is 34.6 Å². The van der Waals surface area contributed by atoms with E-state index in [2.05, 4.69) is 0 Å². The summed E-state index contributed by atoms with van der Waals surface area (Å²) in [6.45, 7) is 3.46. The first-order chi connectivity index (χ1) is 11.4. The first kappa shape index (κ1) is 17.7. The van der Waals surface area contributed by atoms with Crippen LogP contribution < -0.4 is 0 Å². The van der Waals surface area contributed by atoms with Crippen LogP contribution in [-0.2, 0) is 9.47 Å². The average Bonchev–Trinajstić information content (AvgIpc) is 2.53. The molecule has 0 saturated heterocycles. The molecule has 0 aliphatic heterocycles. The van der Waals surface area contributed by atoms with Gasteiger partial charge in [-0.05, 0) is 37.4 Å². The lowest BCUT2D eigenvalue weighted by Gasteiger charge is -2.11. The number of benzene rings is 2. The van der Waals surface area contributed by atoms with E-state index >= 15 is 0 Å². The minimum atomic E-state index is -0.767. The Morgan fingerprint density at radius 1 is 1.08 bits per heavy atom. The summed E-state index contributed by atoms with van der Waals surface area (Å²) in [6, 6.07) is 5.50. The van der Waals surface area contributed by atoms with Crippen LogP contribution in [0, 0.1) is 10.1 Å². The summed E-state index contributed by atoms with van der Waals surface area (Å²) in [6.07, 6.45) is 0. The minimum absolute atomic E-state index is 0.0144. The maximum atomic E-state index is 12.2. The van der Waals surface area contributed by atoms with Gasteiger partial charge in [0.15, 0.2) is 0 Å². The predicted molar refractivity (Wildman–Crippen MR) is 87.5 cm³/mol. The highest BCUT2D eigenvalue weighted by Crippen LogP contribution is 2.35. The summed E-state index contributed by atoms with van der Waals surface area (Å²) in [5.41, 5.74) is -0.456. The number of ether oxygens (including phenoxy) is 2. The van der Waals surface area contributed by atoms with Crippen molar-refractivity contribution in [1.82, 2.24) is 0 Å². The van der Waals surface area contributed by atoms with Crippen molar-refractivity contribution in [3.8, 4) is 0 Å². The molecule has 24 heavy (non-hydrogen) atoms. The van der Waals surface area contributed by atoms with E-state index in [1.165, 1.54) is 24.3 Å². The minimum Gasteiger partial charge on any atom is -0.462 e. The molecule has 2 aromatic rings. The second-order valence-corrected chi connectivity index (χ2v) is 5.12. The van der Waals surface area contributed by atoms with Crippen molar-refractivity contribution in [3.63, 3.8) is 0 Å². The van der Waals surface area contributed by atoms with Gasteiger partial charge in [0.2, 0.25) is 0 Å². The highest BCUT2D eigenvalue weighted by Gasteiger charge is 2.25. The molecule has 8 heteroatoms. The first-order valence-electron chi connectivity index (χ1n) is 7.15. The van der Waals surface area contributed by atoms with E-state index in [9.17, 15) is 19.7 Å². The van der Waals surface area contributed by atoms with Gasteiger partial charge in [0.25, 0.3) is 5.69 Å². The number of carbonyl (C=O) groups excluding carboxylic acids is 2. The molecule has 0 aliphatic rings. The van der Waals surface area contributed by atoms with E-state index in [4.69, 9.17) is 21.1 Å². The summed E-state index contributed by atoms with van der Waals surface area (Å²) in [5.74, 6) is -1.48. The molecule has 0 heterocycles. The highest BCUT2D eigenvalue weighted by atomic mass is 35.5.